The quantitative estimate of drug-likeness (QED) is 0.814. The van der Waals surface area contributed by atoms with Crippen LogP contribution in [-0.2, 0) is 6.54 Å². The minimum Gasteiger partial charge on any atom is -0.334 e. The zero-order valence-corrected chi connectivity index (χ0v) is 10.9. The Kier molecular flexibility index (Phi) is 4.25. The zero-order chi connectivity index (χ0) is 15.6. The van der Waals surface area contributed by atoms with Gasteiger partial charge in [0.15, 0.2) is 11.6 Å². The average molecular weight is 301 g/mol. The molecule has 0 saturated heterocycles. The lowest BCUT2D eigenvalue weighted by molar-refractivity contribution is 0.0612. The third-order valence-corrected chi connectivity index (χ3v) is 2.85. The van der Waals surface area contributed by atoms with Gasteiger partial charge in [-0.05, 0) is 18.2 Å². The molecule has 2 rings (SSSR count). The molecule has 112 valence electrons. The van der Waals surface area contributed by atoms with E-state index in [-0.39, 0.29) is 17.9 Å². The molecular weight excluding hydrogens is 290 g/mol. The van der Waals surface area contributed by atoms with Crippen LogP contribution in [0.3, 0.4) is 0 Å². The van der Waals surface area contributed by atoms with Crippen molar-refractivity contribution in [1.29, 1.82) is 0 Å². The fraction of sp³-hybridized carbons (Fsp3) is 0.231. The number of hydrogen-bond donors (Lipinski definition) is 0. The van der Waals surface area contributed by atoms with E-state index in [0.717, 1.165) is 29.3 Å². The molecule has 0 aliphatic rings. The summed E-state index contributed by atoms with van der Waals surface area (Å²) >= 11 is 0. The van der Waals surface area contributed by atoms with Crippen molar-refractivity contribution in [3.63, 3.8) is 0 Å². The van der Waals surface area contributed by atoms with Crippen LogP contribution in [-0.4, -0.2) is 27.4 Å². The van der Waals surface area contributed by atoms with E-state index in [1.165, 1.54) is 13.2 Å². The first kappa shape index (κ1) is 15.0. The number of benzene rings is 1. The van der Waals surface area contributed by atoms with Crippen molar-refractivity contribution in [1.82, 2.24) is 14.5 Å². The fourth-order valence-corrected chi connectivity index (χ4v) is 1.78. The summed E-state index contributed by atoms with van der Waals surface area (Å²) in [5, 5.41) is 0. The molecule has 1 aromatic carbocycles. The van der Waals surface area contributed by atoms with Crippen LogP contribution < -0.4 is 0 Å². The third kappa shape index (κ3) is 3.21. The molecule has 0 N–H and O–H groups in total. The van der Waals surface area contributed by atoms with Crippen LogP contribution in [0.15, 0.2) is 30.6 Å². The summed E-state index contributed by atoms with van der Waals surface area (Å²) in [5.41, 5.74) is -0.0773. The molecule has 0 bridgehead atoms. The van der Waals surface area contributed by atoms with E-state index < -0.39 is 24.1 Å². The number of carbonyl (C=O) groups excluding carboxylic acids is 1. The van der Waals surface area contributed by atoms with E-state index in [1.54, 1.807) is 0 Å². The van der Waals surface area contributed by atoms with Crippen molar-refractivity contribution in [2.24, 2.45) is 0 Å². The highest BCUT2D eigenvalue weighted by molar-refractivity contribution is 5.93. The molecule has 0 aliphatic heterocycles. The first-order valence-electron chi connectivity index (χ1n) is 5.90. The first-order chi connectivity index (χ1) is 9.90. The van der Waals surface area contributed by atoms with Gasteiger partial charge in [0.1, 0.15) is 5.82 Å². The van der Waals surface area contributed by atoms with Gasteiger partial charge in [-0.3, -0.25) is 9.36 Å². The van der Waals surface area contributed by atoms with Crippen molar-refractivity contribution >= 4 is 5.91 Å². The summed E-state index contributed by atoms with van der Waals surface area (Å²) in [6.45, 7) is -2.95. The predicted octanol–water partition coefficient (Wildman–Crippen LogP) is 2.83. The van der Waals surface area contributed by atoms with Crippen LogP contribution in [0.1, 0.15) is 22.7 Å². The van der Waals surface area contributed by atoms with E-state index in [4.69, 9.17) is 0 Å². The summed E-state index contributed by atoms with van der Waals surface area (Å²) in [6, 6.07) is 2.71. The maximum atomic E-state index is 13.1. The highest BCUT2D eigenvalue weighted by Gasteiger charge is 2.18. The van der Waals surface area contributed by atoms with Gasteiger partial charge in [-0.15, -0.1) is 0 Å². The van der Waals surface area contributed by atoms with E-state index in [0.29, 0.717) is 4.57 Å². The number of nitrogens with zero attached hydrogens (tertiary/aromatic N) is 3. The number of imidazole rings is 1. The molecule has 0 aliphatic carbocycles. The number of amides is 1. The number of alkyl halides is 2. The topological polar surface area (TPSA) is 38.1 Å². The molecule has 4 nitrogen and oxygen atoms in total. The molecule has 8 heteroatoms. The monoisotopic (exact) mass is 301 g/mol. The second-order valence-electron chi connectivity index (χ2n) is 4.32. The van der Waals surface area contributed by atoms with Crippen molar-refractivity contribution in [2.45, 2.75) is 13.1 Å². The van der Waals surface area contributed by atoms with Gasteiger partial charge in [0, 0.05) is 25.0 Å². The first-order valence-corrected chi connectivity index (χ1v) is 5.90. The van der Waals surface area contributed by atoms with Crippen LogP contribution in [0.25, 0.3) is 0 Å². The predicted molar refractivity (Wildman–Crippen MR) is 65.6 cm³/mol. The second kappa shape index (κ2) is 5.94. The minimum absolute atomic E-state index is 0.0107. The normalized spacial score (nSPS) is 11.0. The van der Waals surface area contributed by atoms with Gasteiger partial charge in [-0.2, -0.15) is 8.78 Å². The lowest BCUT2D eigenvalue weighted by Gasteiger charge is -2.17. The van der Waals surface area contributed by atoms with Crippen molar-refractivity contribution in [3.05, 3.63) is 53.6 Å². The van der Waals surface area contributed by atoms with E-state index >= 15 is 0 Å². The van der Waals surface area contributed by atoms with Crippen molar-refractivity contribution in [2.75, 3.05) is 7.05 Å². The lowest BCUT2D eigenvalue weighted by Crippen LogP contribution is -2.28. The third-order valence-electron chi connectivity index (χ3n) is 2.85. The molecule has 21 heavy (non-hydrogen) atoms. The molecule has 0 spiro atoms. The Labute approximate surface area is 117 Å². The number of hydrogen-bond acceptors (Lipinski definition) is 2. The average Bonchev–Trinajstić information content (AvgIpc) is 2.89. The zero-order valence-electron chi connectivity index (χ0n) is 10.9. The molecular formula is C13H11F4N3O. The molecule has 0 saturated carbocycles. The van der Waals surface area contributed by atoms with Gasteiger partial charge >= 0.3 is 6.55 Å². The molecule has 1 amide bonds. The van der Waals surface area contributed by atoms with Crippen molar-refractivity contribution in [3.8, 4) is 0 Å². The number of aromatic nitrogens is 2. The maximum Gasteiger partial charge on any atom is 0.319 e. The molecule has 1 heterocycles. The fourth-order valence-electron chi connectivity index (χ4n) is 1.78. The van der Waals surface area contributed by atoms with Crippen LogP contribution >= 0.6 is 0 Å². The molecule has 0 atom stereocenters. The van der Waals surface area contributed by atoms with Gasteiger partial charge in [0.2, 0.25) is 0 Å². The van der Waals surface area contributed by atoms with E-state index in [2.05, 4.69) is 4.98 Å². The minimum atomic E-state index is -2.77. The van der Waals surface area contributed by atoms with Crippen LogP contribution in [0, 0.1) is 11.6 Å². The van der Waals surface area contributed by atoms with Gasteiger partial charge in [0.25, 0.3) is 5.91 Å². The molecule has 1 aromatic heterocycles. The summed E-state index contributed by atoms with van der Waals surface area (Å²) < 4.78 is 51.8. The summed E-state index contributed by atoms with van der Waals surface area (Å²) in [7, 11) is 1.36. The number of rotatable bonds is 4. The van der Waals surface area contributed by atoms with E-state index in [1.807, 2.05) is 0 Å². The van der Waals surface area contributed by atoms with Gasteiger partial charge in [-0.25, -0.2) is 13.8 Å². The number of halogens is 4. The summed E-state index contributed by atoms with van der Waals surface area (Å²) in [5.74, 6) is -2.85. The molecule has 2 aromatic rings. The maximum absolute atomic E-state index is 13.1. The van der Waals surface area contributed by atoms with Crippen molar-refractivity contribution < 1.29 is 22.4 Å². The van der Waals surface area contributed by atoms with Crippen LogP contribution in [0.2, 0.25) is 0 Å². The Morgan fingerprint density at radius 3 is 2.67 bits per heavy atom. The second-order valence-corrected chi connectivity index (χ2v) is 4.32. The highest BCUT2D eigenvalue weighted by atomic mass is 19.3. The largest absolute Gasteiger partial charge is 0.334 e. The highest BCUT2D eigenvalue weighted by Crippen LogP contribution is 2.15. The van der Waals surface area contributed by atoms with E-state index in [9.17, 15) is 22.4 Å². The van der Waals surface area contributed by atoms with Gasteiger partial charge < -0.3 is 4.90 Å². The summed E-state index contributed by atoms with van der Waals surface area (Å²) in [6.07, 6.45) is 2.28. The molecule has 0 unspecified atom stereocenters. The molecule has 0 fully saturated rings. The van der Waals surface area contributed by atoms with Gasteiger partial charge in [0.05, 0.1) is 6.54 Å². The Hall–Kier alpha value is -2.38. The Bertz CT molecular complexity index is 657. The Morgan fingerprint density at radius 1 is 1.33 bits per heavy atom. The van der Waals surface area contributed by atoms with Gasteiger partial charge in [-0.1, -0.05) is 0 Å². The Balaban J connectivity index is 2.15. The van der Waals surface area contributed by atoms with Crippen LogP contribution in [0.5, 0.6) is 0 Å². The number of carbonyl (C=O) groups is 1. The summed E-state index contributed by atoms with van der Waals surface area (Å²) in [4.78, 5) is 16.9. The molecule has 0 radical (unpaired) electrons. The standard InChI is InChI=1S/C13H11F4N3O/c1-19(7-11-18-4-5-20(11)13(16)17)12(21)8-2-3-9(14)10(15)6-8/h2-6,13H,7H2,1H3. The Morgan fingerprint density at radius 2 is 2.05 bits per heavy atom. The van der Waals surface area contributed by atoms with Crippen LogP contribution in [0.4, 0.5) is 17.6 Å². The smallest absolute Gasteiger partial charge is 0.319 e. The lowest BCUT2D eigenvalue weighted by atomic mass is 10.2. The SMILES string of the molecule is CN(Cc1nccn1C(F)F)C(=O)c1ccc(F)c(F)c1.